The van der Waals surface area contributed by atoms with Gasteiger partial charge in [0, 0.05) is 26.2 Å². The molecule has 1 atom stereocenters. The van der Waals surface area contributed by atoms with E-state index in [-0.39, 0.29) is 0 Å². The van der Waals surface area contributed by atoms with Gasteiger partial charge in [0.1, 0.15) is 0 Å². The fraction of sp³-hybridized carbons (Fsp3) is 1.00. The number of hydrogen-bond acceptors (Lipinski definition) is 3. The zero-order valence-corrected chi connectivity index (χ0v) is 10.5. The van der Waals surface area contributed by atoms with Crippen molar-refractivity contribution in [3.05, 3.63) is 0 Å². The predicted molar refractivity (Wildman–Crippen MR) is 64.2 cm³/mol. The molecule has 1 N–H and O–H groups in total. The number of ether oxygens (including phenoxy) is 1. The highest BCUT2D eigenvalue weighted by atomic mass is 16.5. The smallest absolute Gasteiger partial charge is 0.0710 e. The Kier molecular flexibility index (Phi) is 6.22. The van der Waals surface area contributed by atoms with Gasteiger partial charge in [0.25, 0.3) is 0 Å². The number of nitrogens with zero attached hydrogens (tertiary/aromatic N) is 1. The normalized spacial score (nSPS) is 22.8. The molecular weight excluding hydrogens is 188 g/mol. The summed E-state index contributed by atoms with van der Waals surface area (Å²) in [5.74, 6) is 0. The highest BCUT2D eigenvalue weighted by Crippen LogP contribution is 2.12. The van der Waals surface area contributed by atoms with Crippen molar-refractivity contribution in [1.29, 1.82) is 0 Å². The second-order valence-corrected chi connectivity index (χ2v) is 4.76. The zero-order valence-electron chi connectivity index (χ0n) is 10.5. The standard InChI is InChI=1S/C12H26N2O/c1-11(2)13-7-4-5-8-14-9-6-12(10-14)15-3/h11-13H,4-10H2,1-3H3. The SMILES string of the molecule is COC1CCN(CCCCNC(C)C)C1. The van der Waals surface area contributed by atoms with Crippen molar-refractivity contribution in [2.45, 2.75) is 45.3 Å². The van der Waals surface area contributed by atoms with Gasteiger partial charge in [-0.25, -0.2) is 0 Å². The van der Waals surface area contributed by atoms with E-state index in [2.05, 4.69) is 24.1 Å². The Morgan fingerprint density at radius 1 is 1.40 bits per heavy atom. The second kappa shape index (κ2) is 7.20. The van der Waals surface area contributed by atoms with Crippen molar-refractivity contribution >= 4 is 0 Å². The van der Waals surface area contributed by atoms with E-state index in [1.165, 1.54) is 32.4 Å². The van der Waals surface area contributed by atoms with Crippen molar-refractivity contribution in [3.63, 3.8) is 0 Å². The van der Waals surface area contributed by atoms with Gasteiger partial charge in [-0.2, -0.15) is 0 Å². The van der Waals surface area contributed by atoms with Crippen LogP contribution < -0.4 is 5.32 Å². The third kappa shape index (κ3) is 5.50. The monoisotopic (exact) mass is 214 g/mol. The molecule has 3 nitrogen and oxygen atoms in total. The number of rotatable bonds is 7. The Bertz CT molecular complexity index is 162. The van der Waals surface area contributed by atoms with Gasteiger partial charge in [0.15, 0.2) is 0 Å². The number of methoxy groups -OCH3 is 1. The number of unbranched alkanes of at least 4 members (excludes halogenated alkanes) is 1. The molecule has 3 heteroatoms. The maximum atomic E-state index is 5.35. The van der Waals surface area contributed by atoms with E-state index in [4.69, 9.17) is 4.74 Å². The summed E-state index contributed by atoms with van der Waals surface area (Å²) in [6.45, 7) is 9.14. The van der Waals surface area contributed by atoms with E-state index in [9.17, 15) is 0 Å². The fourth-order valence-corrected chi connectivity index (χ4v) is 2.04. The number of nitrogens with one attached hydrogen (secondary N) is 1. The molecule has 1 aliphatic heterocycles. The van der Waals surface area contributed by atoms with Gasteiger partial charge in [-0.05, 0) is 32.4 Å². The molecule has 0 saturated carbocycles. The summed E-state index contributed by atoms with van der Waals surface area (Å²) in [4.78, 5) is 2.52. The van der Waals surface area contributed by atoms with E-state index in [1.54, 1.807) is 0 Å². The van der Waals surface area contributed by atoms with Crippen molar-refractivity contribution in [3.8, 4) is 0 Å². The topological polar surface area (TPSA) is 24.5 Å². The van der Waals surface area contributed by atoms with E-state index in [1.807, 2.05) is 7.11 Å². The van der Waals surface area contributed by atoms with Gasteiger partial charge in [-0.15, -0.1) is 0 Å². The Morgan fingerprint density at radius 2 is 2.20 bits per heavy atom. The molecule has 90 valence electrons. The molecule has 0 amide bonds. The van der Waals surface area contributed by atoms with E-state index in [0.29, 0.717) is 12.1 Å². The van der Waals surface area contributed by atoms with Crippen LogP contribution in [-0.2, 0) is 4.74 Å². The molecule has 0 radical (unpaired) electrons. The lowest BCUT2D eigenvalue weighted by Gasteiger charge is -2.15. The van der Waals surface area contributed by atoms with Crippen LogP contribution in [0.2, 0.25) is 0 Å². The number of likely N-dealkylation sites (tertiary alicyclic amines) is 1. The minimum atomic E-state index is 0.485. The maximum absolute atomic E-state index is 5.35. The van der Waals surface area contributed by atoms with Crippen molar-refractivity contribution in [2.24, 2.45) is 0 Å². The van der Waals surface area contributed by atoms with Crippen molar-refractivity contribution in [2.75, 3.05) is 33.3 Å². The molecule has 0 aromatic heterocycles. The Hall–Kier alpha value is -0.120. The van der Waals surface area contributed by atoms with Crippen molar-refractivity contribution < 1.29 is 4.74 Å². The summed E-state index contributed by atoms with van der Waals surface area (Å²) in [6, 6.07) is 0.620. The first-order valence-electron chi connectivity index (χ1n) is 6.21. The molecule has 1 heterocycles. The molecule has 0 bridgehead atoms. The minimum Gasteiger partial charge on any atom is -0.380 e. The molecular formula is C12H26N2O. The molecule has 1 unspecified atom stereocenters. The Labute approximate surface area is 94.2 Å². The molecule has 0 spiro atoms. The van der Waals surface area contributed by atoms with Crippen LogP contribution in [0.25, 0.3) is 0 Å². The quantitative estimate of drug-likeness (QED) is 0.650. The van der Waals surface area contributed by atoms with Gasteiger partial charge in [0.05, 0.1) is 6.10 Å². The van der Waals surface area contributed by atoms with Crippen LogP contribution in [-0.4, -0.2) is 50.3 Å². The van der Waals surface area contributed by atoms with Crippen LogP contribution in [0.5, 0.6) is 0 Å². The highest BCUT2D eigenvalue weighted by Gasteiger charge is 2.20. The first kappa shape index (κ1) is 12.9. The molecule has 0 aromatic carbocycles. The lowest BCUT2D eigenvalue weighted by Crippen LogP contribution is -2.26. The van der Waals surface area contributed by atoms with Crippen LogP contribution in [0.1, 0.15) is 33.1 Å². The van der Waals surface area contributed by atoms with Gasteiger partial charge in [-0.1, -0.05) is 13.8 Å². The third-order valence-corrected chi connectivity index (χ3v) is 3.02. The van der Waals surface area contributed by atoms with E-state index in [0.717, 1.165) is 13.1 Å². The minimum absolute atomic E-state index is 0.485. The second-order valence-electron chi connectivity index (χ2n) is 4.76. The first-order valence-corrected chi connectivity index (χ1v) is 6.21. The summed E-state index contributed by atoms with van der Waals surface area (Å²) in [6.07, 6.45) is 4.28. The zero-order chi connectivity index (χ0) is 11.1. The molecule has 0 aromatic rings. The van der Waals surface area contributed by atoms with Crippen molar-refractivity contribution in [1.82, 2.24) is 10.2 Å². The van der Waals surface area contributed by atoms with Crippen LogP contribution in [0.3, 0.4) is 0 Å². The lowest BCUT2D eigenvalue weighted by atomic mass is 10.3. The average Bonchev–Trinajstić information content (AvgIpc) is 2.65. The third-order valence-electron chi connectivity index (χ3n) is 3.02. The van der Waals surface area contributed by atoms with Gasteiger partial charge >= 0.3 is 0 Å². The van der Waals surface area contributed by atoms with E-state index >= 15 is 0 Å². The largest absolute Gasteiger partial charge is 0.380 e. The van der Waals surface area contributed by atoms with Gasteiger partial charge in [0.2, 0.25) is 0 Å². The fourth-order valence-electron chi connectivity index (χ4n) is 2.04. The predicted octanol–water partition coefficient (Wildman–Crippen LogP) is 1.49. The van der Waals surface area contributed by atoms with Crippen LogP contribution in [0.15, 0.2) is 0 Å². The van der Waals surface area contributed by atoms with Crippen LogP contribution in [0.4, 0.5) is 0 Å². The highest BCUT2D eigenvalue weighted by molar-refractivity contribution is 4.75. The molecule has 1 fully saturated rings. The maximum Gasteiger partial charge on any atom is 0.0710 e. The molecule has 15 heavy (non-hydrogen) atoms. The molecule has 1 aliphatic rings. The lowest BCUT2D eigenvalue weighted by molar-refractivity contribution is 0.108. The number of hydrogen-bond donors (Lipinski definition) is 1. The van der Waals surface area contributed by atoms with E-state index < -0.39 is 0 Å². The summed E-state index contributed by atoms with van der Waals surface area (Å²) in [5.41, 5.74) is 0. The first-order chi connectivity index (χ1) is 7.22. The van der Waals surface area contributed by atoms with Crippen LogP contribution in [0, 0.1) is 0 Å². The summed E-state index contributed by atoms with van der Waals surface area (Å²) >= 11 is 0. The van der Waals surface area contributed by atoms with Gasteiger partial charge in [-0.3, -0.25) is 0 Å². The van der Waals surface area contributed by atoms with Gasteiger partial charge < -0.3 is 15.0 Å². The summed E-state index contributed by atoms with van der Waals surface area (Å²) < 4.78 is 5.35. The Morgan fingerprint density at radius 3 is 2.80 bits per heavy atom. The summed E-state index contributed by atoms with van der Waals surface area (Å²) in [7, 11) is 1.82. The average molecular weight is 214 g/mol. The summed E-state index contributed by atoms with van der Waals surface area (Å²) in [5, 5.41) is 3.45. The van der Waals surface area contributed by atoms with Crippen LogP contribution >= 0.6 is 0 Å². The molecule has 0 aliphatic carbocycles. The molecule has 1 rings (SSSR count). The Balaban J connectivity index is 1.92. The molecule has 1 saturated heterocycles.